The molecule has 1 aromatic heterocycles. The number of aromatic nitrogens is 1. The van der Waals surface area contributed by atoms with Crippen molar-refractivity contribution in [3.05, 3.63) is 52.7 Å². The Balaban J connectivity index is 1.28. The van der Waals surface area contributed by atoms with Gasteiger partial charge in [0.1, 0.15) is 18.2 Å². The molecule has 0 saturated carbocycles. The quantitative estimate of drug-likeness (QED) is 0.815. The Morgan fingerprint density at radius 3 is 2.79 bits per heavy atom. The van der Waals surface area contributed by atoms with Crippen molar-refractivity contribution in [2.45, 2.75) is 19.9 Å². The van der Waals surface area contributed by atoms with Gasteiger partial charge in [0, 0.05) is 43.9 Å². The number of hydrogen-bond acceptors (Lipinski definition) is 5. The van der Waals surface area contributed by atoms with Crippen LogP contribution in [0.3, 0.4) is 0 Å². The number of nitrogens with zero attached hydrogens (tertiary/aromatic N) is 3. The van der Waals surface area contributed by atoms with Gasteiger partial charge in [-0.1, -0.05) is 24.6 Å². The van der Waals surface area contributed by atoms with Crippen LogP contribution in [0.25, 0.3) is 0 Å². The highest BCUT2D eigenvalue weighted by Crippen LogP contribution is 2.29. The smallest absolute Gasteiger partial charge is 0.227 e. The lowest BCUT2D eigenvalue weighted by molar-refractivity contribution is -0.126. The van der Waals surface area contributed by atoms with Gasteiger partial charge in [-0.3, -0.25) is 4.79 Å². The second-order valence-corrected chi connectivity index (χ2v) is 8.06. The summed E-state index contributed by atoms with van der Waals surface area (Å²) in [7, 11) is 0. The van der Waals surface area contributed by atoms with Crippen LogP contribution in [0.5, 0.6) is 5.75 Å². The lowest BCUT2D eigenvalue weighted by atomic mass is 9.96. The van der Waals surface area contributed by atoms with E-state index >= 15 is 0 Å². The van der Waals surface area contributed by atoms with Crippen LogP contribution >= 0.6 is 11.6 Å². The van der Waals surface area contributed by atoms with E-state index in [-0.39, 0.29) is 11.8 Å². The molecular formula is C22H27ClN4O2. The summed E-state index contributed by atoms with van der Waals surface area (Å²) in [6.07, 6.45) is 2.50. The lowest BCUT2D eigenvalue weighted by Gasteiger charge is -2.34. The number of piperazine rings is 1. The van der Waals surface area contributed by atoms with Crippen LogP contribution in [0, 0.1) is 5.92 Å². The fraction of sp³-hybridized carbons (Fsp3) is 0.455. The third-order valence-electron chi connectivity index (χ3n) is 5.72. The second kappa shape index (κ2) is 9.01. The Morgan fingerprint density at radius 1 is 1.24 bits per heavy atom. The molecular weight excluding hydrogens is 388 g/mol. The first-order valence-corrected chi connectivity index (χ1v) is 10.6. The molecule has 6 nitrogen and oxygen atoms in total. The van der Waals surface area contributed by atoms with Crippen LogP contribution in [-0.4, -0.2) is 55.1 Å². The van der Waals surface area contributed by atoms with E-state index in [0.717, 1.165) is 55.4 Å². The summed E-state index contributed by atoms with van der Waals surface area (Å²) < 4.78 is 5.72. The minimum atomic E-state index is -0.205. The van der Waals surface area contributed by atoms with E-state index in [1.807, 2.05) is 30.5 Å². The van der Waals surface area contributed by atoms with Crippen LogP contribution in [0.4, 0.5) is 5.82 Å². The van der Waals surface area contributed by atoms with Gasteiger partial charge in [-0.05, 0) is 48.4 Å². The number of carbonyl (C=O) groups excluding carboxylic acids is 1. The molecule has 0 bridgehead atoms. The number of anilines is 1. The van der Waals surface area contributed by atoms with Crippen LogP contribution in [0.15, 0.2) is 36.5 Å². The van der Waals surface area contributed by atoms with Gasteiger partial charge >= 0.3 is 0 Å². The average molecular weight is 415 g/mol. The van der Waals surface area contributed by atoms with Gasteiger partial charge in [0.2, 0.25) is 5.91 Å². The van der Waals surface area contributed by atoms with Crippen LogP contribution in [0.1, 0.15) is 18.1 Å². The molecule has 1 amide bonds. The van der Waals surface area contributed by atoms with Crippen molar-refractivity contribution < 1.29 is 9.53 Å². The molecule has 29 heavy (non-hydrogen) atoms. The third-order valence-corrected chi connectivity index (χ3v) is 5.95. The Hall–Kier alpha value is -2.31. The molecule has 4 rings (SSSR count). The topological polar surface area (TPSA) is 57.7 Å². The molecule has 1 atom stereocenters. The van der Waals surface area contributed by atoms with E-state index in [1.54, 1.807) is 6.07 Å². The molecule has 2 aliphatic rings. The number of ether oxygens (including phenoxy) is 1. The minimum absolute atomic E-state index is 0.00427. The second-order valence-electron chi connectivity index (χ2n) is 7.63. The molecule has 2 aromatic rings. The van der Waals surface area contributed by atoms with E-state index in [0.29, 0.717) is 24.6 Å². The van der Waals surface area contributed by atoms with Crippen molar-refractivity contribution in [2.24, 2.45) is 5.92 Å². The first-order chi connectivity index (χ1) is 14.1. The van der Waals surface area contributed by atoms with Gasteiger partial charge < -0.3 is 19.9 Å². The number of hydrogen-bond donors (Lipinski definition) is 1. The van der Waals surface area contributed by atoms with E-state index in [9.17, 15) is 4.79 Å². The SMILES string of the molecule is CCN1CCN(c2ccc(CNC(=O)C3COc4ccc(Cl)cc4C3)cn2)CC1. The first-order valence-electron chi connectivity index (χ1n) is 10.2. The van der Waals surface area contributed by atoms with Crippen LogP contribution in [0.2, 0.25) is 5.02 Å². The molecule has 2 aliphatic heterocycles. The maximum Gasteiger partial charge on any atom is 0.227 e. The largest absolute Gasteiger partial charge is 0.492 e. The Labute approximate surface area is 176 Å². The van der Waals surface area contributed by atoms with Gasteiger partial charge in [-0.25, -0.2) is 4.98 Å². The summed E-state index contributed by atoms with van der Waals surface area (Å²) in [5.74, 6) is 1.61. The molecule has 7 heteroatoms. The van der Waals surface area contributed by atoms with Crippen molar-refractivity contribution in [3.8, 4) is 5.75 Å². The highest BCUT2D eigenvalue weighted by molar-refractivity contribution is 6.30. The number of fused-ring (bicyclic) bond motifs is 1. The zero-order valence-electron chi connectivity index (χ0n) is 16.7. The molecule has 1 saturated heterocycles. The summed E-state index contributed by atoms with van der Waals surface area (Å²) in [6, 6.07) is 9.63. The van der Waals surface area contributed by atoms with E-state index in [1.165, 1.54) is 0 Å². The molecule has 1 fully saturated rings. The Kier molecular flexibility index (Phi) is 6.21. The standard InChI is InChI=1S/C22H27ClN4O2/c1-2-26-7-9-27(10-8-26)21-6-3-16(13-24-21)14-25-22(28)18-11-17-12-19(23)4-5-20(17)29-15-18/h3-6,12-13,18H,2,7-11,14-15H2,1H3,(H,25,28). The number of likely N-dealkylation sites (N-methyl/N-ethyl adjacent to an activating group) is 1. The predicted molar refractivity (Wildman–Crippen MR) is 115 cm³/mol. The fourth-order valence-electron chi connectivity index (χ4n) is 3.87. The molecule has 0 radical (unpaired) electrons. The monoisotopic (exact) mass is 414 g/mol. The molecule has 0 aliphatic carbocycles. The van der Waals surface area contributed by atoms with Crippen molar-refractivity contribution in [1.29, 1.82) is 0 Å². The summed E-state index contributed by atoms with van der Waals surface area (Å²) in [4.78, 5) is 21.9. The molecule has 1 N–H and O–H groups in total. The highest BCUT2D eigenvalue weighted by Gasteiger charge is 2.26. The Morgan fingerprint density at radius 2 is 2.07 bits per heavy atom. The van der Waals surface area contributed by atoms with E-state index < -0.39 is 0 Å². The number of benzene rings is 1. The van der Waals surface area contributed by atoms with Crippen molar-refractivity contribution in [1.82, 2.24) is 15.2 Å². The van der Waals surface area contributed by atoms with Gasteiger partial charge in [0.25, 0.3) is 0 Å². The summed E-state index contributed by atoms with van der Waals surface area (Å²) >= 11 is 6.06. The van der Waals surface area contributed by atoms with Gasteiger partial charge in [0.15, 0.2) is 0 Å². The molecule has 154 valence electrons. The zero-order valence-corrected chi connectivity index (χ0v) is 17.5. The fourth-order valence-corrected chi connectivity index (χ4v) is 4.06. The molecule has 3 heterocycles. The van der Waals surface area contributed by atoms with Crippen LogP contribution < -0.4 is 15.0 Å². The maximum absolute atomic E-state index is 12.6. The molecule has 0 spiro atoms. The minimum Gasteiger partial charge on any atom is -0.492 e. The van der Waals surface area contributed by atoms with Gasteiger partial charge in [-0.2, -0.15) is 0 Å². The Bertz CT molecular complexity index is 850. The normalized spacial score (nSPS) is 19.4. The predicted octanol–water partition coefficient (Wildman–Crippen LogP) is 2.74. The molecule has 1 aromatic carbocycles. The highest BCUT2D eigenvalue weighted by atomic mass is 35.5. The number of amides is 1. The summed E-state index contributed by atoms with van der Waals surface area (Å²) in [5.41, 5.74) is 1.98. The summed E-state index contributed by atoms with van der Waals surface area (Å²) in [6.45, 7) is 8.32. The van der Waals surface area contributed by atoms with Gasteiger partial charge in [-0.15, -0.1) is 0 Å². The number of pyridine rings is 1. The zero-order chi connectivity index (χ0) is 20.2. The first kappa shape index (κ1) is 20.0. The number of nitrogens with one attached hydrogen (secondary N) is 1. The lowest BCUT2D eigenvalue weighted by Crippen LogP contribution is -2.46. The number of rotatable bonds is 5. The average Bonchev–Trinajstić information content (AvgIpc) is 2.77. The van der Waals surface area contributed by atoms with Crippen molar-refractivity contribution in [2.75, 3.05) is 44.2 Å². The summed E-state index contributed by atoms with van der Waals surface area (Å²) in [5, 5.41) is 3.68. The third kappa shape index (κ3) is 4.82. The number of carbonyl (C=O) groups is 1. The van der Waals surface area contributed by atoms with Crippen molar-refractivity contribution in [3.63, 3.8) is 0 Å². The molecule has 1 unspecified atom stereocenters. The van der Waals surface area contributed by atoms with E-state index in [4.69, 9.17) is 16.3 Å². The van der Waals surface area contributed by atoms with Gasteiger partial charge in [0.05, 0.1) is 5.92 Å². The maximum atomic E-state index is 12.6. The van der Waals surface area contributed by atoms with Crippen molar-refractivity contribution >= 4 is 23.3 Å². The van der Waals surface area contributed by atoms with E-state index in [2.05, 4.69) is 27.0 Å². The number of halogens is 1. The van der Waals surface area contributed by atoms with Crippen LogP contribution in [-0.2, 0) is 17.8 Å².